The predicted octanol–water partition coefficient (Wildman–Crippen LogP) is 18.1. The highest BCUT2D eigenvalue weighted by atomic mass is 14.1. The van der Waals surface area contributed by atoms with E-state index in [-0.39, 0.29) is 0 Å². The molecule has 3 aliphatic rings. The number of allylic oxidation sites excluding steroid dienone is 30. The van der Waals surface area contributed by atoms with Crippen LogP contribution < -0.4 is 0 Å². The largest absolute Gasteiger partial charge is 0.0622 e. The number of benzene rings is 4. The maximum Gasteiger partial charge on any atom is -0.0251 e. The molecule has 0 heteroatoms. The Balaban J connectivity index is 0.926. The van der Waals surface area contributed by atoms with Crippen LogP contribution >= 0.6 is 0 Å². The Labute approximate surface area is 394 Å². The zero-order valence-corrected chi connectivity index (χ0v) is 39.2. The smallest absolute Gasteiger partial charge is 0.0251 e. The van der Waals surface area contributed by atoms with Gasteiger partial charge < -0.3 is 0 Å². The minimum absolute atomic E-state index is 1.17. The van der Waals surface area contributed by atoms with Gasteiger partial charge in [0.2, 0.25) is 0 Å². The summed E-state index contributed by atoms with van der Waals surface area (Å²) in [5, 5.41) is 0. The average Bonchev–Trinajstić information content (AvgIpc) is 3.29. The van der Waals surface area contributed by atoms with Crippen molar-refractivity contribution in [3.05, 3.63) is 319 Å². The van der Waals surface area contributed by atoms with Crippen LogP contribution in [0.15, 0.2) is 285 Å². The molecular formula is C66H60. The molecule has 0 unspecified atom stereocenters. The molecule has 0 N–H and O–H groups in total. The molecule has 66 heavy (non-hydrogen) atoms. The van der Waals surface area contributed by atoms with Crippen molar-refractivity contribution in [2.45, 2.75) is 41.5 Å². The standard InChI is InChI=1S/C66H60/c1-49-37-61(31-25-55-13-9-7-10-14-55)38-50(2)42-63(41-49)33-27-57-17-21-59(22-18-57)29-35-65-45-53(5)47-66(48-54(6)46-65)36-30-60-23-19-58(20-24-60)28-34-64-43-51(3)39-62(40-52(4)44-64)32-26-56-15-11-8-12-16-56/h7-48H,1-6H3/b31-25+,32-26+,33-27+,34-28+,35-29+,36-30+,49-37-,49-41?,50-38?,50-42-,51-39-,51-43?,52-40?,52-44-,53-45-,53-47?,54-46?,54-48-,61-37?,61-38-,62-39?,62-40-,63-41-,63-42?,64-43-,64-44?,65-45?,65-46-,66-47-,66-48?. The first kappa shape index (κ1) is 46.2. The summed E-state index contributed by atoms with van der Waals surface area (Å²) in [6.45, 7) is 13.0. The molecule has 0 amide bonds. The summed E-state index contributed by atoms with van der Waals surface area (Å²) in [6.07, 6.45) is 53.2. The molecule has 4 aromatic rings. The van der Waals surface area contributed by atoms with Crippen LogP contribution in [0.3, 0.4) is 0 Å². The minimum atomic E-state index is 1.17. The zero-order chi connectivity index (χ0) is 46.1. The van der Waals surface area contributed by atoms with Gasteiger partial charge in [-0.15, -0.1) is 0 Å². The SMILES string of the molecule is CC1=C/C(/C=C/c2ccccc2)=C\C(C)=C/C(/C=C/c2ccc(/C=C/C3=C/C(C)=C\C(\C=C\c4ccc(/C=C/C5=C/C(C)=C\C(\C=C\c6ccccc6)=C/C(C)=C\5)cc4)=C/C(C)=C\3)cc2)=C\1. The second kappa shape index (κ2) is 23.2. The van der Waals surface area contributed by atoms with Gasteiger partial charge in [-0.1, -0.05) is 255 Å². The van der Waals surface area contributed by atoms with Crippen LogP contribution in [0, 0.1) is 0 Å². The molecule has 0 spiro atoms. The third-order valence-electron chi connectivity index (χ3n) is 11.0. The molecule has 0 bridgehead atoms. The van der Waals surface area contributed by atoms with Gasteiger partial charge in [-0.3, -0.25) is 0 Å². The lowest BCUT2D eigenvalue weighted by Crippen LogP contribution is -1.86. The van der Waals surface area contributed by atoms with Crippen molar-refractivity contribution in [3.63, 3.8) is 0 Å². The summed E-state index contributed by atoms with van der Waals surface area (Å²) in [6, 6.07) is 38.3. The van der Waals surface area contributed by atoms with E-state index in [1.807, 2.05) is 12.1 Å². The number of rotatable bonds is 12. The van der Waals surface area contributed by atoms with Gasteiger partial charge in [0.25, 0.3) is 0 Å². The fraction of sp³-hybridized carbons (Fsp3) is 0.0909. The van der Waals surface area contributed by atoms with Gasteiger partial charge in [-0.25, -0.2) is 0 Å². The van der Waals surface area contributed by atoms with E-state index in [1.165, 1.54) is 100 Å². The van der Waals surface area contributed by atoms with Crippen LogP contribution in [0.2, 0.25) is 0 Å². The molecule has 7 rings (SSSR count). The topological polar surface area (TPSA) is 0 Å². The summed E-state index contributed by atoms with van der Waals surface area (Å²) in [5.74, 6) is 0. The van der Waals surface area contributed by atoms with E-state index in [9.17, 15) is 0 Å². The third kappa shape index (κ3) is 15.2. The molecule has 0 aliphatic heterocycles. The number of hydrogen-bond donors (Lipinski definition) is 0. The van der Waals surface area contributed by atoms with Crippen LogP contribution in [-0.4, -0.2) is 0 Å². The first-order chi connectivity index (χ1) is 32.1. The van der Waals surface area contributed by atoms with Gasteiger partial charge >= 0.3 is 0 Å². The highest BCUT2D eigenvalue weighted by Crippen LogP contribution is 2.24. The fourth-order valence-corrected chi connectivity index (χ4v) is 7.95. The molecule has 0 fully saturated rings. The van der Waals surface area contributed by atoms with Gasteiger partial charge in [-0.2, -0.15) is 0 Å². The van der Waals surface area contributed by atoms with Gasteiger partial charge in [0.15, 0.2) is 0 Å². The molecule has 0 radical (unpaired) electrons. The molecule has 0 heterocycles. The quantitative estimate of drug-likeness (QED) is 0.133. The van der Waals surface area contributed by atoms with Crippen LogP contribution in [-0.2, 0) is 0 Å². The molecule has 0 atom stereocenters. The van der Waals surface area contributed by atoms with Gasteiger partial charge in [0, 0.05) is 0 Å². The summed E-state index contributed by atoms with van der Waals surface area (Å²) in [5.41, 5.74) is 21.4. The molecular weight excluding hydrogens is 793 g/mol. The summed E-state index contributed by atoms with van der Waals surface area (Å²) in [4.78, 5) is 0. The second-order valence-corrected chi connectivity index (χ2v) is 17.4. The summed E-state index contributed by atoms with van der Waals surface area (Å²) < 4.78 is 0. The lowest BCUT2D eigenvalue weighted by Gasteiger charge is -2.07. The Bertz CT molecular complexity index is 2760. The Hall–Kier alpha value is -7.80. The van der Waals surface area contributed by atoms with Gasteiger partial charge in [-0.05, 0) is 142 Å². The van der Waals surface area contributed by atoms with Gasteiger partial charge in [0.1, 0.15) is 0 Å². The number of hydrogen-bond acceptors (Lipinski definition) is 0. The van der Waals surface area contributed by atoms with Crippen LogP contribution in [0.25, 0.3) is 36.5 Å². The van der Waals surface area contributed by atoms with E-state index in [0.29, 0.717) is 0 Å². The van der Waals surface area contributed by atoms with E-state index >= 15 is 0 Å². The lowest BCUT2D eigenvalue weighted by molar-refractivity contribution is 1.39. The van der Waals surface area contributed by atoms with Crippen molar-refractivity contribution in [1.82, 2.24) is 0 Å². The Morgan fingerprint density at radius 2 is 0.348 bits per heavy atom. The molecule has 0 aromatic heterocycles. The lowest BCUT2D eigenvalue weighted by atomic mass is 9.99. The Kier molecular flexibility index (Phi) is 16.3. The Morgan fingerprint density at radius 3 is 0.530 bits per heavy atom. The monoisotopic (exact) mass is 852 g/mol. The summed E-state index contributed by atoms with van der Waals surface area (Å²) in [7, 11) is 0. The maximum atomic E-state index is 2.25. The van der Waals surface area contributed by atoms with Crippen LogP contribution in [0.4, 0.5) is 0 Å². The average molecular weight is 853 g/mol. The van der Waals surface area contributed by atoms with Crippen molar-refractivity contribution in [3.8, 4) is 0 Å². The zero-order valence-electron chi connectivity index (χ0n) is 39.2. The van der Waals surface area contributed by atoms with Crippen molar-refractivity contribution in [1.29, 1.82) is 0 Å². The summed E-state index contributed by atoms with van der Waals surface area (Å²) >= 11 is 0. The van der Waals surface area contributed by atoms with Gasteiger partial charge in [0.05, 0.1) is 0 Å². The molecule has 3 aliphatic carbocycles. The van der Waals surface area contributed by atoms with E-state index in [2.05, 4.69) is 284 Å². The molecule has 0 saturated heterocycles. The van der Waals surface area contributed by atoms with E-state index in [1.54, 1.807) is 0 Å². The van der Waals surface area contributed by atoms with Crippen molar-refractivity contribution in [2.24, 2.45) is 0 Å². The van der Waals surface area contributed by atoms with E-state index in [0.717, 1.165) is 0 Å². The highest BCUT2D eigenvalue weighted by molar-refractivity contribution is 5.66. The molecule has 0 saturated carbocycles. The van der Waals surface area contributed by atoms with Crippen LogP contribution in [0.5, 0.6) is 0 Å². The maximum absolute atomic E-state index is 2.25. The third-order valence-corrected chi connectivity index (χ3v) is 11.0. The van der Waals surface area contributed by atoms with E-state index in [4.69, 9.17) is 0 Å². The fourth-order valence-electron chi connectivity index (χ4n) is 7.95. The molecule has 0 nitrogen and oxygen atoms in total. The van der Waals surface area contributed by atoms with Crippen LogP contribution in [0.1, 0.15) is 74.9 Å². The van der Waals surface area contributed by atoms with E-state index < -0.39 is 0 Å². The van der Waals surface area contributed by atoms with Crippen molar-refractivity contribution in [2.75, 3.05) is 0 Å². The minimum Gasteiger partial charge on any atom is -0.0622 e. The first-order valence-electron chi connectivity index (χ1n) is 22.9. The first-order valence-corrected chi connectivity index (χ1v) is 22.9. The predicted molar refractivity (Wildman–Crippen MR) is 291 cm³/mol. The molecule has 4 aromatic carbocycles. The highest BCUT2D eigenvalue weighted by Gasteiger charge is 2.03. The normalized spacial score (nSPS) is 25.9. The molecule has 324 valence electrons. The second-order valence-electron chi connectivity index (χ2n) is 17.4. The van der Waals surface area contributed by atoms with Crippen molar-refractivity contribution >= 4 is 36.5 Å². The Morgan fingerprint density at radius 1 is 0.182 bits per heavy atom. The van der Waals surface area contributed by atoms with Crippen molar-refractivity contribution < 1.29 is 0 Å².